The monoisotopic (exact) mass is 1500 g/mol. The Balaban J connectivity index is 5.47. The zero-order valence-electron chi connectivity index (χ0n) is 65.4. The van der Waals surface area contributed by atoms with Crippen LogP contribution in [-0.4, -0.2) is 96.7 Å². The summed E-state index contributed by atoms with van der Waals surface area (Å²) < 4.78 is 68.5. The fourth-order valence-corrected chi connectivity index (χ4v) is 12.2. The van der Waals surface area contributed by atoms with Crippen LogP contribution in [0.4, 0.5) is 0 Å². The smallest absolute Gasteiger partial charge is 0.462 e. The van der Waals surface area contributed by atoms with Crippen LogP contribution in [0.5, 0.6) is 0 Å². The van der Waals surface area contributed by atoms with E-state index in [0.29, 0.717) is 38.5 Å². The van der Waals surface area contributed by atoms with Crippen LogP contribution in [0.2, 0.25) is 0 Å². The number of hydrogen-bond acceptors (Lipinski definition) is 15. The van der Waals surface area contributed by atoms with E-state index in [9.17, 15) is 43.2 Å². The molecule has 17 nitrogen and oxygen atoms in total. The quantitative estimate of drug-likeness (QED) is 0.0169. The van der Waals surface area contributed by atoms with E-state index in [-0.39, 0.29) is 25.7 Å². The lowest BCUT2D eigenvalue weighted by molar-refractivity contribution is -0.161. The van der Waals surface area contributed by atoms with Crippen molar-refractivity contribution < 1.29 is 80.2 Å². The molecule has 0 saturated carbocycles. The molecule has 0 amide bonds. The molecule has 0 aliphatic rings. The van der Waals surface area contributed by atoms with Gasteiger partial charge in [0, 0.05) is 25.7 Å². The third-order valence-corrected chi connectivity index (χ3v) is 18.8. The molecule has 0 aliphatic carbocycles. The Bertz CT molecular complexity index is 2440. The minimum atomic E-state index is -5.01. The van der Waals surface area contributed by atoms with E-state index in [1.807, 2.05) is 24.3 Å². The first-order valence-electron chi connectivity index (χ1n) is 40.8. The van der Waals surface area contributed by atoms with Crippen LogP contribution in [-0.2, 0) is 65.4 Å². The number of phosphoric ester groups is 2. The maximum Gasteiger partial charge on any atom is 0.472 e. The average molecular weight is 1500 g/mol. The Labute approximate surface area is 632 Å². The Morgan fingerprint density at radius 3 is 0.788 bits per heavy atom. The number of esters is 4. The van der Waals surface area contributed by atoms with Gasteiger partial charge in [-0.2, -0.15) is 0 Å². The van der Waals surface area contributed by atoms with Crippen molar-refractivity contribution in [3.8, 4) is 0 Å². The number of carbonyl (C=O) groups is 4. The molecule has 0 heterocycles. The summed E-state index contributed by atoms with van der Waals surface area (Å²) in [5, 5.41) is 10.6. The van der Waals surface area contributed by atoms with Gasteiger partial charge in [-0.1, -0.05) is 297 Å². The first-order valence-corrected chi connectivity index (χ1v) is 43.8. The van der Waals surface area contributed by atoms with Gasteiger partial charge in [-0.05, 0) is 135 Å². The highest BCUT2D eigenvalue weighted by atomic mass is 31.2. The minimum absolute atomic E-state index is 0.00527. The molecule has 0 aromatic rings. The lowest BCUT2D eigenvalue weighted by atomic mass is 10.0. The van der Waals surface area contributed by atoms with Crippen LogP contribution < -0.4 is 0 Å². The molecule has 598 valence electrons. The van der Waals surface area contributed by atoms with Crippen molar-refractivity contribution in [2.24, 2.45) is 0 Å². The molecule has 0 bridgehead atoms. The molecule has 0 aromatic heterocycles. The van der Waals surface area contributed by atoms with Crippen molar-refractivity contribution in [1.29, 1.82) is 0 Å². The number of unbranched alkanes of at least 4 members (excludes halogenated alkanes) is 30. The molecule has 0 aromatic carbocycles. The van der Waals surface area contributed by atoms with Gasteiger partial charge >= 0.3 is 39.5 Å². The zero-order valence-corrected chi connectivity index (χ0v) is 67.2. The average Bonchev–Trinajstić information content (AvgIpc) is 0.926. The second-order valence-corrected chi connectivity index (χ2v) is 29.9. The maximum atomic E-state index is 13.1. The summed E-state index contributed by atoms with van der Waals surface area (Å²) in [7, 11) is -10.00. The Hall–Kier alpha value is -4.54. The number of phosphoric acid groups is 2. The van der Waals surface area contributed by atoms with Gasteiger partial charge in [-0.15, -0.1) is 0 Å². The zero-order chi connectivity index (χ0) is 76.0. The van der Waals surface area contributed by atoms with E-state index < -0.39 is 97.5 Å². The molecular weight excluding hydrogens is 1350 g/mol. The Morgan fingerprint density at radius 2 is 0.481 bits per heavy atom. The molecule has 2 unspecified atom stereocenters. The number of hydrogen-bond donors (Lipinski definition) is 3. The molecule has 19 heteroatoms. The van der Waals surface area contributed by atoms with Crippen LogP contribution in [0, 0.1) is 0 Å². The van der Waals surface area contributed by atoms with Crippen molar-refractivity contribution in [2.75, 3.05) is 39.6 Å². The molecule has 0 aliphatic heterocycles. The summed E-state index contributed by atoms with van der Waals surface area (Å²) in [6, 6.07) is 0. The van der Waals surface area contributed by atoms with E-state index in [1.54, 1.807) is 0 Å². The van der Waals surface area contributed by atoms with Gasteiger partial charge in [0.1, 0.15) is 19.3 Å². The van der Waals surface area contributed by atoms with E-state index in [2.05, 4.69) is 125 Å². The highest BCUT2D eigenvalue weighted by Crippen LogP contribution is 2.45. The first kappa shape index (κ1) is 99.5. The number of aliphatic hydroxyl groups excluding tert-OH is 1. The summed E-state index contributed by atoms with van der Waals surface area (Å²) in [5.74, 6) is -2.31. The predicted molar refractivity (Wildman–Crippen MR) is 427 cm³/mol. The highest BCUT2D eigenvalue weighted by Gasteiger charge is 2.30. The summed E-state index contributed by atoms with van der Waals surface area (Å²) in [6.45, 7) is 4.68. The first-order chi connectivity index (χ1) is 50.7. The van der Waals surface area contributed by atoms with Gasteiger partial charge in [-0.25, -0.2) is 9.13 Å². The normalized spacial score (nSPS) is 14.5. The Morgan fingerprint density at radius 1 is 0.269 bits per heavy atom. The van der Waals surface area contributed by atoms with Gasteiger partial charge < -0.3 is 33.8 Å². The van der Waals surface area contributed by atoms with Gasteiger partial charge in [0.25, 0.3) is 0 Å². The molecule has 0 saturated heterocycles. The van der Waals surface area contributed by atoms with E-state index in [0.717, 1.165) is 116 Å². The van der Waals surface area contributed by atoms with Crippen LogP contribution >= 0.6 is 15.6 Å². The van der Waals surface area contributed by atoms with Gasteiger partial charge in [0.05, 0.1) is 26.4 Å². The number of carbonyl (C=O) groups excluding carboxylic acids is 4. The summed E-state index contributed by atoms with van der Waals surface area (Å²) >= 11 is 0. The van der Waals surface area contributed by atoms with Crippen LogP contribution in [0.1, 0.15) is 336 Å². The summed E-state index contributed by atoms with van der Waals surface area (Å²) in [6.07, 6.45) is 84.7. The van der Waals surface area contributed by atoms with Crippen LogP contribution in [0.3, 0.4) is 0 Å². The molecule has 5 atom stereocenters. The largest absolute Gasteiger partial charge is 0.472 e. The predicted octanol–water partition coefficient (Wildman–Crippen LogP) is 23.9. The molecule has 0 rings (SSSR count). The van der Waals surface area contributed by atoms with E-state index in [1.165, 1.54) is 128 Å². The van der Waals surface area contributed by atoms with Gasteiger partial charge in [-0.3, -0.25) is 37.3 Å². The molecule has 104 heavy (non-hydrogen) atoms. The molecule has 0 spiro atoms. The molecule has 0 fully saturated rings. The maximum absolute atomic E-state index is 13.1. The number of ether oxygens (including phenoxy) is 4. The van der Waals surface area contributed by atoms with E-state index in [4.69, 9.17) is 37.0 Å². The number of aliphatic hydroxyl groups is 1. The number of allylic oxidation sites excluding steroid dienone is 20. The fourth-order valence-electron chi connectivity index (χ4n) is 10.6. The van der Waals surface area contributed by atoms with E-state index >= 15 is 0 Å². The fraction of sp³-hybridized carbons (Fsp3) is 0.718. The minimum Gasteiger partial charge on any atom is -0.462 e. The third kappa shape index (κ3) is 75.7. The molecule has 0 radical (unpaired) electrons. The second-order valence-electron chi connectivity index (χ2n) is 27.0. The third-order valence-electron chi connectivity index (χ3n) is 16.9. The number of rotatable bonds is 76. The molecule has 3 N–H and O–H groups in total. The topological polar surface area (TPSA) is 237 Å². The SMILES string of the molecule is CCCCC/C=C\C/C=C\C/C=C\C/C=C\CCCC(=O)OC[C@H](COP(=O)(O)OC[C@@H](O)COP(=O)(O)OC[C@@H](COC(=O)CCCCCCCCCCCCCCCCC)OC(=O)CCCCCCC/C=C\C/C=C\CCCCC)OC(=O)CCC/C=C\C/C=C\C/C=C\C/C=C\CCCCC. The lowest BCUT2D eigenvalue weighted by Gasteiger charge is -2.21. The second kappa shape index (κ2) is 76.6. The van der Waals surface area contributed by atoms with Crippen molar-refractivity contribution in [3.63, 3.8) is 0 Å². The van der Waals surface area contributed by atoms with Crippen molar-refractivity contribution in [1.82, 2.24) is 0 Å². The van der Waals surface area contributed by atoms with Crippen molar-refractivity contribution >= 4 is 39.5 Å². The van der Waals surface area contributed by atoms with Crippen LogP contribution in [0.25, 0.3) is 0 Å². The highest BCUT2D eigenvalue weighted by molar-refractivity contribution is 7.47. The summed E-state index contributed by atoms with van der Waals surface area (Å²) in [4.78, 5) is 73.0. The molecular formula is C85H146O17P2. The summed E-state index contributed by atoms with van der Waals surface area (Å²) in [5.41, 5.74) is 0. The van der Waals surface area contributed by atoms with Crippen molar-refractivity contribution in [2.45, 2.75) is 354 Å². The van der Waals surface area contributed by atoms with Crippen molar-refractivity contribution in [3.05, 3.63) is 122 Å². The van der Waals surface area contributed by atoms with Crippen LogP contribution in [0.15, 0.2) is 122 Å². The Kier molecular flexibility index (Phi) is 73.3. The van der Waals surface area contributed by atoms with Gasteiger partial charge in [0.2, 0.25) is 0 Å². The lowest BCUT2D eigenvalue weighted by Crippen LogP contribution is -2.30. The van der Waals surface area contributed by atoms with Gasteiger partial charge in [0.15, 0.2) is 12.2 Å². The standard InChI is InChI=1S/C85H146O17P2/c1-5-9-13-17-21-25-29-33-37-39-43-46-50-54-58-62-66-70-83(88)96-76-81(102-85(90)72-68-64-60-56-52-48-44-40-38-34-30-26-22-18-14-10-6-2)78-100-104(93,94)98-74-79(86)73-97-103(91,92)99-77-80(101-84(89)71-67-63-59-55-51-47-42-36-32-28-24-20-16-12-8-4)75-95-82(87)69-65-61-57-53-49-45-41-35-31-27-23-19-15-11-7-3/h21-22,24-26,28,33-34,36-38,42-44,46,48,54,56,58,60,79-81,86H,5-20,23,27,29-32,35,39-41,45,47,49-53,55,57,59,61-78H2,1-4H3,(H,91,92)(H,93,94)/b25-21-,26-22-,28-24-,37-33-,38-34-,42-36-,46-43-,48-44-,58-54-,60-56-/t79-,80+,81+/m0/s1.